The number of pyridine rings is 1. The monoisotopic (exact) mass is 233 g/mol. The van der Waals surface area contributed by atoms with E-state index in [9.17, 15) is 4.79 Å². The minimum atomic E-state index is -0.0273. The van der Waals surface area contributed by atoms with Crippen LogP contribution in [0.1, 0.15) is 29.6 Å². The molecule has 1 aromatic heterocycles. The molecule has 1 aromatic rings. The molecule has 4 nitrogen and oxygen atoms in total. The molecule has 0 atom stereocenters. The van der Waals surface area contributed by atoms with Crippen molar-refractivity contribution in [3.8, 4) is 0 Å². The molecule has 92 valence electrons. The molecule has 0 radical (unpaired) electrons. The Morgan fingerprint density at radius 2 is 2.29 bits per heavy atom. The van der Waals surface area contributed by atoms with E-state index in [2.05, 4.69) is 15.6 Å². The number of hydrogen-bond donors (Lipinski definition) is 2. The molecule has 1 amide bonds. The first-order chi connectivity index (χ1) is 8.26. The molecule has 0 bridgehead atoms. The number of amides is 1. The van der Waals surface area contributed by atoms with E-state index < -0.39 is 0 Å². The minimum Gasteiger partial charge on any atom is -0.351 e. The number of carbonyl (C=O) groups is 1. The van der Waals surface area contributed by atoms with Crippen molar-refractivity contribution in [1.29, 1.82) is 0 Å². The van der Waals surface area contributed by atoms with Gasteiger partial charge in [0.2, 0.25) is 0 Å². The first-order valence-electron chi connectivity index (χ1n) is 6.09. The van der Waals surface area contributed by atoms with Gasteiger partial charge in [0.15, 0.2) is 0 Å². The number of nitrogens with one attached hydrogen (secondary N) is 2. The van der Waals surface area contributed by atoms with Crippen molar-refractivity contribution in [2.24, 2.45) is 5.41 Å². The Balaban J connectivity index is 1.88. The van der Waals surface area contributed by atoms with Crippen LogP contribution in [0.5, 0.6) is 0 Å². The zero-order valence-corrected chi connectivity index (χ0v) is 10.2. The van der Waals surface area contributed by atoms with Crippen LogP contribution < -0.4 is 10.6 Å². The third kappa shape index (κ3) is 2.82. The molecule has 0 saturated heterocycles. The molecule has 1 saturated carbocycles. The van der Waals surface area contributed by atoms with Crippen molar-refractivity contribution in [2.75, 3.05) is 20.1 Å². The van der Waals surface area contributed by atoms with Gasteiger partial charge in [0.05, 0.1) is 5.56 Å². The summed E-state index contributed by atoms with van der Waals surface area (Å²) >= 11 is 0. The van der Waals surface area contributed by atoms with Crippen molar-refractivity contribution in [3.05, 3.63) is 30.1 Å². The summed E-state index contributed by atoms with van der Waals surface area (Å²) in [4.78, 5) is 15.8. The average Bonchev–Trinajstić information content (AvgIpc) is 2.33. The van der Waals surface area contributed by atoms with Crippen LogP contribution in [0.2, 0.25) is 0 Å². The zero-order chi connectivity index (χ0) is 12.1. The number of nitrogens with zero attached hydrogens (tertiary/aromatic N) is 1. The SMILES string of the molecule is CNCC1(CNC(=O)c2cccnc2)CCC1. The van der Waals surface area contributed by atoms with Gasteiger partial charge in [-0.25, -0.2) is 0 Å². The smallest absolute Gasteiger partial charge is 0.252 e. The first kappa shape index (κ1) is 12.0. The summed E-state index contributed by atoms with van der Waals surface area (Å²) in [5.74, 6) is -0.0273. The summed E-state index contributed by atoms with van der Waals surface area (Å²) in [6.07, 6.45) is 6.93. The molecule has 2 N–H and O–H groups in total. The van der Waals surface area contributed by atoms with Crippen molar-refractivity contribution in [1.82, 2.24) is 15.6 Å². The molecule has 0 aliphatic heterocycles. The minimum absolute atomic E-state index is 0.0273. The lowest BCUT2D eigenvalue weighted by Gasteiger charge is -2.42. The zero-order valence-electron chi connectivity index (χ0n) is 10.2. The summed E-state index contributed by atoms with van der Waals surface area (Å²) in [6.45, 7) is 1.72. The van der Waals surface area contributed by atoms with Gasteiger partial charge in [0.25, 0.3) is 5.91 Å². The largest absolute Gasteiger partial charge is 0.351 e. The van der Waals surface area contributed by atoms with Crippen LogP contribution in [0.25, 0.3) is 0 Å². The molecular formula is C13H19N3O. The molecule has 4 heteroatoms. The van der Waals surface area contributed by atoms with E-state index in [0.29, 0.717) is 5.56 Å². The highest BCUT2D eigenvalue weighted by Gasteiger charge is 2.36. The maximum Gasteiger partial charge on any atom is 0.252 e. The maximum atomic E-state index is 11.9. The fourth-order valence-corrected chi connectivity index (χ4v) is 2.33. The van der Waals surface area contributed by atoms with Gasteiger partial charge < -0.3 is 10.6 Å². The fraction of sp³-hybridized carbons (Fsp3) is 0.538. The quantitative estimate of drug-likeness (QED) is 0.803. The lowest BCUT2D eigenvalue weighted by atomic mass is 9.68. The van der Waals surface area contributed by atoms with Gasteiger partial charge in [-0.15, -0.1) is 0 Å². The van der Waals surface area contributed by atoms with Crippen molar-refractivity contribution < 1.29 is 4.79 Å². The van der Waals surface area contributed by atoms with E-state index in [4.69, 9.17) is 0 Å². The molecule has 0 unspecified atom stereocenters. The maximum absolute atomic E-state index is 11.9. The molecular weight excluding hydrogens is 214 g/mol. The van der Waals surface area contributed by atoms with Gasteiger partial charge in [-0.1, -0.05) is 6.42 Å². The Hall–Kier alpha value is -1.42. The van der Waals surface area contributed by atoms with Crippen LogP contribution in [0.3, 0.4) is 0 Å². The summed E-state index contributed by atoms with van der Waals surface area (Å²) in [5.41, 5.74) is 0.901. The second kappa shape index (κ2) is 5.27. The molecule has 2 rings (SSSR count). The molecule has 1 fully saturated rings. The van der Waals surface area contributed by atoms with E-state index in [1.807, 2.05) is 7.05 Å². The van der Waals surface area contributed by atoms with Crippen LogP contribution in [-0.2, 0) is 0 Å². The van der Waals surface area contributed by atoms with Gasteiger partial charge in [0.1, 0.15) is 0 Å². The van der Waals surface area contributed by atoms with Crippen LogP contribution in [0.15, 0.2) is 24.5 Å². The standard InChI is InChI=1S/C13H19N3O/c1-14-9-13(5-3-6-13)10-16-12(17)11-4-2-7-15-8-11/h2,4,7-8,14H,3,5-6,9-10H2,1H3,(H,16,17). The van der Waals surface area contributed by atoms with Gasteiger partial charge in [-0.2, -0.15) is 0 Å². The topological polar surface area (TPSA) is 54.0 Å². The number of rotatable bonds is 5. The van der Waals surface area contributed by atoms with E-state index in [0.717, 1.165) is 13.1 Å². The first-order valence-corrected chi connectivity index (χ1v) is 6.09. The van der Waals surface area contributed by atoms with Crippen molar-refractivity contribution in [2.45, 2.75) is 19.3 Å². The third-order valence-electron chi connectivity index (χ3n) is 3.51. The van der Waals surface area contributed by atoms with Crippen LogP contribution in [0, 0.1) is 5.41 Å². The Kier molecular flexibility index (Phi) is 3.74. The van der Waals surface area contributed by atoms with Crippen LogP contribution in [0.4, 0.5) is 0 Å². The van der Waals surface area contributed by atoms with Crippen LogP contribution in [-0.4, -0.2) is 31.0 Å². The Morgan fingerprint density at radius 3 is 2.82 bits per heavy atom. The number of hydrogen-bond acceptors (Lipinski definition) is 3. The predicted molar refractivity (Wildman–Crippen MR) is 66.8 cm³/mol. The highest BCUT2D eigenvalue weighted by atomic mass is 16.1. The molecule has 1 aliphatic carbocycles. The van der Waals surface area contributed by atoms with E-state index in [-0.39, 0.29) is 11.3 Å². The van der Waals surface area contributed by atoms with E-state index >= 15 is 0 Å². The lowest BCUT2D eigenvalue weighted by Crippen LogP contribution is -2.47. The summed E-state index contributed by atoms with van der Waals surface area (Å²) in [7, 11) is 1.96. The molecule has 0 aromatic carbocycles. The predicted octanol–water partition coefficient (Wildman–Crippen LogP) is 1.20. The van der Waals surface area contributed by atoms with Gasteiger partial charge in [0, 0.05) is 30.9 Å². The van der Waals surface area contributed by atoms with E-state index in [1.165, 1.54) is 19.3 Å². The lowest BCUT2D eigenvalue weighted by molar-refractivity contribution is 0.0862. The summed E-state index contributed by atoms with van der Waals surface area (Å²) < 4.78 is 0. The number of carbonyl (C=O) groups excluding carboxylic acids is 1. The number of aromatic nitrogens is 1. The third-order valence-corrected chi connectivity index (χ3v) is 3.51. The Bertz CT molecular complexity index is 374. The second-order valence-electron chi connectivity index (χ2n) is 4.81. The van der Waals surface area contributed by atoms with E-state index in [1.54, 1.807) is 24.5 Å². The van der Waals surface area contributed by atoms with Crippen molar-refractivity contribution >= 4 is 5.91 Å². The molecule has 1 aliphatic rings. The molecule has 1 heterocycles. The van der Waals surface area contributed by atoms with Gasteiger partial charge in [-0.05, 0) is 32.0 Å². The molecule has 17 heavy (non-hydrogen) atoms. The second-order valence-corrected chi connectivity index (χ2v) is 4.81. The Morgan fingerprint density at radius 1 is 1.47 bits per heavy atom. The summed E-state index contributed by atoms with van der Waals surface area (Å²) in [6, 6.07) is 3.56. The highest BCUT2D eigenvalue weighted by Crippen LogP contribution is 2.39. The van der Waals surface area contributed by atoms with Crippen LogP contribution >= 0.6 is 0 Å². The van der Waals surface area contributed by atoms with Gasteiger partial charge in [-0.3, -0.25) is 9.78 Å². The fourth-order valence-electron chi connectivity index (χ4n) is 2.33. The van der Waals surface area contributed by atoms with Gasteiger partial charge >= 0.3 is 0 Å². The summed E-state index contributed by atoms with van der Waals surface area (Å²) in [5, 5.41) is 6.22. The normalized spacial score (nSPS) is 17.2. The van der Waals surface area contributed by atoms with Crippen molar-refractivity contribution in [3.63, 3.8) is 0 Å². The average molecular weight is 233 g/mol. The Labute approximate surface area is 102 Å². The molecule has 0 spiro atoms. The highest BCUT2D eigenvalue weighted by molar-refractivity contribution is 5.93.